The van der Waals surface area contributed by atoms with Crippen molar-refractivity contribution in [2.75, 3.05) is 5.32 Å². The number of hydrogen-bond acceptors (Lipinski definition) is 7. The highest BCUT2D eigenvalue weighted by Crippen LogP contribution is 2.45. The minimum Gasteiger partial charge on any atom is -0.506 e. The number of aromatic amines is 1. The van der Waals surface area contributed by atoms with Crippen molar-refractivity contribution in [3.63, 3.8) is 0 Å². The number of hydrogen-bond donors (Lipinski definition) is 4. The average Bonchev–Trinajstić information content (AvgIpc) is 3.31. The number of nitrogens with one attached hydrogen (secondary N) is 2. The van der Waals surface area contributed by atoms with Crippen LogP contribution in [0.15, 0.2) is 35.3 Å². The van der Waals surface area contributed by atoms with Crippen molar-refractivity contribution in [1.82, 2.24) is 14.5 Å². The van der Waals surface area contributed by atoms with Crippen LogP contribution in [0.2, 0.25) is 10.0 Å². The molecule has 0 bridgehead atoms. The number of anilines is 1. The van der Waals surface area contributed by atoms with Gasteiger partial charge in [0.05, 0.1) is 26.7 Å². The summed E-state index contributed by atoms with van der Waals surface area (Å²) in [7, 11) is 0. The first kappa shape index (κ1) is 25.3. The van der Waals surface area contributed by atoms with Gasteiger partial charge in [-0.15, -0.1) is 8.78 Å². The van der Waals surface area contributed by atoms with Crippen molar-refractivity contribution in [1.29, 1.82) is 0 Å². The molecule has 0 spiro atoms. The van der Waals surface area contributed by atoms with Crippen LogP contribution in [0.3, 0.4) is 0 Å². The highest BCUT2D eigenvalue weighted by atomic mass is 35.5. The van der Waals surface area contributed by atoms with Gasteiger partial charge in [0.15, 0.2) is 11.5 Å². The summed E-state index contributed by atoms with van der Waals surface area (Å²) < 4.78 is 36.8. The van der Waals surface area contributed by atoms with Crippen LogP contribution in [0.5, 0.6) is 17.2 Å². The number of aromatic nitrogens is 3. The first-order valence-electron chi connectivity index (χ1n) is 10.6. The van der Waals surface area contributed by atoms with Gasteiger partial charge in [-0.2, -0.15) is 0 Å². The molecular weight excluding hydrogens is 551 g/mol. The first-order valence-corrected chi connectivity index (χ1v) is 11.4. The van der Waals surface area contributed by atoms with Crippen LogP contribution in [0, 0.1) is 6.92 Å². The van der Waals surface area contributed by atoms with Crippen LogP contribution in [0.25, 0.3) is 22.2 Å². The van der Waals surface area contributed by atoms with Crippen molar-refractivity contribution >= 4 is 51.7 Å². The number of halogens is 4. The SMILES string of the molecule is Cc1nc2c(c(-c3cc(Cl)c(O)c(C(N)=O)c3)cn2CC(=O)Nc2cc3c(cc2Cl)OC(F)(F)O3)c(=O)[nH]1. The lowest BCUT2D eigenvalue weighted by molar-refractivity contribution is -0.286. The average molecular weight is 566 g/mol. The maximum Gasteiger partial charge on any atom is 0.586 e. The maximum atomic E-state index is 13.4. The second-order valence-corrected chi connectivity index (χ2v) is 9.05. The summed E-state index contributed by atoms with van der Waals surface area (Å²) >= 11 is 12.2. The molecule has 4 aromatic rings. The minimum atomic E-state index is -3.86. The molecule has 3 heterocycles. The van der Waals surface area contributed by atoms with E-state index in [4.69, 9.17) is 28.9 Å². The number of nitrogens with zero attached hydrogens (tertiary/aromatic N) is 2. The standard InChI is InChI=1S/C23H15Cl2F2N5O6/c1-8-29-21-18(22(36)30-8)11(9-2-10(20(28)35)19(34)13(25)3-9)6-32(21)7-17(33)31-14-5-16-15(4-12(14)24)37-23(26,27)38-16/h2-6,34H,7H2,1H3,(H2,28,35)(H,31,33)(H,29,30,36). The molecule has 11 nitrogen and oxygen atoms in total. The molecule has 5 N–H and O–H groups in total. The Morgan fingerprint density at radius 2 is 1.87 bits per heavy atom. The summed E-state index contributed by atoms with van der Waals surface area (Å²) in [5.41, 5.74) is 5.12. The van der Waals surface area contributed by atoms with Gasteiger partial charge in [-0.05, 0) is 24.6 Å². The van der Waals surface area contributed by atoms with E-state index >= 15 is 0 Å². The molecule has 0 atom stereocenters. The van der Waals surface area contributed by atoms with Gasteiger partial charge in [0.1, 0.15) is 23.8 Å². The fourth-order valence-electron chi connectivity index (χ4n) is 4.00. The zero-order valence-corrected chi connectivity index (χ0v) is 20.6. The van der Waals surface area contributed by atoms with Crippen molar-refractivity contribution in [3.8, 4) is 28.4 Å². The van der Waals surface area contributed by atoms with Crippen LogP contribution in [0.4, 0.5) is 14.5 Å². The number of aryl methyl sites for hydroxylation is 1. The summed E-state index contributed by atoms with van der Waals surface area (Å²) in [5, 5.41) is 12.4. The Kier molecular flexibility index (Phi) is 5.92. The molecule has 196 valence electrons. The molecule has 0 fully saturated rings. The first-order chi connectivity index (χ1) is 17.8. The van der Waals surface area contributed by atoms with Crippen molar-refractivity contribution in [3.05, 3.63) is 62.2 Å². The number of ether oxygens (including phenoxy) is 2. The van der Waals surface area contributed by atoms with Gasteiger partial charge in [-0.25, -0.2) is 4.98 Å². The van der Waals surface area contributed by atoms with Gasteiger partial charge >= 0.3 is 6.29 Å². The quantitative estimate of drug-likeness (QED) is 0.286. The smallest absolute Gasteiger partial charge is 0.506 e. The fraction of sp³-hybridized carbons (Fsp3) is 0.130. The second kappa shape index (κ2) is 8.89. The van der Waals surface area contributed by atoms with E-state index in [0.717, 1.165) is 12.1 Å². The predicted octanol–water partition coefficient (Wildman–Crippen LogP) is 3.77. The third-order valence-electron chi connectivity index (χ3n) is 5.56. The normalized spacial score (nSPS) is 13.6. The van der Waals surface area contributed by atoms with E-state index in [1.807, 2.05) is 0 Å². The lowest BCUT2D eigenvalue weighted by atomic mass is 10.0. The van der Waals surface area contributed by atoms with Crippen molar-refractivity contribution in [2.24, 2.45) is 5.73 Å². The number of carbonyl (C=O) groups is 2. The number of alkyl halides is 2. The number of benzene rings is 2. The Labute approximate surface area is 220 Å². The third-order valence-corrected chi connectivity index (χ3v) is 6.16. The summed E-state index contributed by atoms with van der Waals surface area (Å²) in [6.45, 7) is 1.16. The lowest BCUT2D eigenvalue weighted by Gasteiger charge is -2.09. The van der Waals surface area contributed by atoms with E-state index in [-0.39, 0.29) is 67.3 Å². The second-order valence-electron chi connectivity index (χ2n) is 8.23. The molecule has 15 heteroatoms. The third kappa shape index (κ3) is 4.46. The van der Waals surface area contributed by atoms with Crippen LogP contribution >= 0.6 is 23.2 Å². The molecule has 5 rings (SSSR count). The summed E-state index contributed by atoms with van der Waals surface area (Å²) in [4.78, 5) is 44.5. The summed E-state index contributed by atoms with van der Waals surface area (Å²) in [6, 6.07) is 4.74. The monoisotopic (exact) mass is 565 g/mol. The summed E-state index contributed by atoms with van der Waals surface area (Å²) in [5.74, 6) is -2.47. The van der Waals surface area contributed by atoms with E-state index in [0.29, 0.717) is 0 Å². The van der Waals surface area contributed by atoms with Crippen molar-refractivity contribution < 1.29 is 33.0 Å². The van der Waals surface area contributed by atoms with Gasteiger partial charge in [0.2, 0.25) is 5.91 Å². The summed E-state index contributed by atoms with van der Waals surface area (Å²) in [6.07, 6.45) is -2.43. The number of fused-ring (bicyclic) bond motifs is 2. The molecule has 2 aromatic heterocycles. The Bertz CT molecular complexity index is 1740. The molecule has 1 aliphatic heterocycles. The molecule has 2 amide bonds. The van der Waals surface area contributed by atoms with E-state index < -0.39 is 29.4 Å². The Morgan fingerprint density at radius 3 is 2.55 bits per heavy atom. The van der Waals surface area contributed by atoms with E-state index in [1.54, 1.807) is 6.92 Å². The van der Waals surface area contributed by atoms with Crippen LogP contribution < -0.4 is 26.1 Å². The Balaban J connectivity index is 1.54. The molecule has 0 unspecified atom stereocenters. The van der Waals surface area contributed by atoms with Gasteiger partial charge < -0.3 is 35.2 Å². The lowest BCUT2D eigenvalue weighted by Crippen LogP contribution is -2.25. The highest BCUT2D eigenvalue weighted by Gasteiger charge is 2.44. The van der Waals surface area contributed by atoms with Crippen LogP contribution in [0.1, 0.15) is 16.2 Å². The number of amides is 2. The zero-order chi connectivity index (χ0) is 27.5. The van der Waals surface area contributed by atoms with E-state index in [9.17, 15) is 28.3 Å². The van der Waals surface area contributed by atoms with Gasteiger partial charge in [0.25, 0.3) is 11.5 Å². The number of nitrogens with two attached hydrogens (primary N) is 1. The van der Waals surface area contributed by atoms with Crippen LogP contribution in [-0.2, 0) is 11.3 Å². The maximum absolute atomic E-state index is 13.4. The molecule has 0 aliphatic carbocycles. The number of aromatic hydroxyl groups is 1. The Hall–Kier alpha value is -4.36. The molecule has 38 heavy (non-hydrogen) atoms. The molecule has 0 radical (unpaired) electrons. The number of primary amides is 1. The van der Waals surface area contributed by atoms with E-state index in [1.165, 1.54) is 22.9 Å². The van der Waals surface area contributed by atoms with Crippen molar-refractivity contribution in [2.45, 2.75) is 19.8 Å². The van der Waals surface area contributed by atoms with Gasteiger partial charge in [-0.1, -0.05) is 23.2 Å². The van der Waals surface area contributed by atoms with Crippen LogP contribution in [-0.4, -0.2) is 37.8 Å². The fourth-order valence-corrected chi connectivity index (χ4v) is 4.42. The van der Waals surface area contributed by atoms with Gasteiger partial charge in [-0.3, -0.25) is 14.4 Å². The molecule has 0 saturated carbocycles. The minimum absolute atomic E-state index is 0.0215. The largest absolute Gasteiger partial charge is 0.586 e. The van der Waals surface area contributed by atoms with Gasteiger partial charge in [0, 0.05) is 23.9 Å². The predicted molar refractivity (Wildman–Crippen MR) is 132 cm³/mol. The topological polar surface area (TPSA) is 162 Å². The zero-order valence-electron chi connectivity index (χ0n) is 19.1. The molecule has 0 saturated heterocycles. The number of rotatable bonds is 5. The molecule has 2 aromatic carbocycles. The Morgan fingerprint density at radius 1 is 1.18 bits per heavy atom. The number of carbonyl (C=O) groups excluding carboxylic acids is 2. The number of phenols is 1. The van der Waals surface area contributed by atoms with E-state index in [2.05, 4.69) is 24.8 Å². The number of H-pyrrole nitrogens is 1. The molecule has 1 aliphatic rings. The molecular formula is C23H15Cl2F2N5O6. The highest BCUT2D eigenvalue weighted by molar-refractivity contribution is 6.34.